The SMILES string of the molecule is c1ccc(-c2ccc(N(c3ccc4c(c3)oc3ccccc34)c3ccc4c(c3)sc3ccc5nc(-c6ccccc6)sc5c34)cc2)cc1. The summed E-state index contributed by atoms with van der Waals surface area (Å²) in [5.74, 6) is 0. The molecule has 0 spiro atoms. The monoisotopic (exact) mass is 650 g/mol. The highest BCUT2D eigenvalue weighted by Crippen LogP contribution is 2.45. The zero-order valence-electron chi connectivity index (χ0n) is 25.6. The average molecular weight is 651 g/mol. The first-order chi connectivity index (χ1) is 23.8. The van der Waals surface area contributed by atoms with Crippen molar-refractivity contribution in [2.75, 3.05) is 4.90 Å². The van der Waals surface area contributed by atoms with Crippen molar-refractivity contribution in [3.8, 4) is 21.7 Å². The first-order valence-corrected chi connectivity index (χ1v) is 17.6. The molecule has 3 nitrogen and oxygen atoms in total. The summed E-state index contributed by atoms with van der Waals surface area (Å²) in [5, 5.41) is 5.87. The Morgan fingerprint density at radius 1 is 0.458 bits per heavy atom. The van der Waals surface area contributed by atoms with Crippen LogP contribution in [0.15, 0.2) is 162 Å². The van der Waals surface area contributed by atoms with Gasteiger partial charge in [0.15, 0.2) is 0 Å². The third-order valence-electron chi connectivity index (χ3n) is 9.11. The molecule has 10 rings (SSSR count). The fraction of sp³-hybridized carbons (Fsp3) is 0. The van der Waals surface area contributed by atoms with Crippen molar-refractivity contribution >= 4 is 92.1 Å². The van der Waals surface area contributed by atoms with Gasteiger partial charge in [-0.05, 0) is 65.7 Å². The topological polar surface area (TPSA) is 29.3 Å². The predicted molar refractivity (Wildman–Crippen MR) is 205 cm³/mol. The molecule has 7 aromatic carbocycles. The lowest BCUT2D eigenvalue weighted by Gasteiger charge is -2.26. The van der Waals surface area contributed by atoms with Crippen LogP contribution in [0.1, 0.15) is 0 Å². The highest BCUT2D eigenvalue weighted by atomic mass is 32.1. The van der Waals surface area contributed by atoms with E-state index in [1.807, 2.05) is 23.5 Å². The van der Waals surface area contributed by atoms with E-state index < -0.39 is 0 Å². The lowest BCUT2D eigenvalue weighted by molar-refractivity contribution is 0.669. The molecule has 0 aliphatic carbocycles. The number of hydrogen-bond acceptors (Lipinski definition) is 5. The van der Waals surface area contributed by atoms with Gasteiger partial charge in [-0.2, -0.15) is 0 Å². The fourth-order valence-corrected chi connectivity index (χ4v) is 9.16. The molecule has 3 aromatic heterocycles. The van der Waals surface area contributed by atoms with Gasteiger partial charge in [-0.3, -0.25) is 0 Å². The molecule has 0 N–H and O–H groups in total. The Hall–Kier alpha value is -5.75. The van der Waals surface area contributed by atoms with Gasteiger partial charge in [-0.15, -0.1) is 22.7 Å². The smallest absolute Gasteiger partial charge is 0.137 e. The Balaban J connectivity index is 1.14. The van der Waals surface area contributed by atoms with Crippen molar-refractivity contribution in [3.05, 3.63) is 158 Å². The summed E-state index contributed by atoms with van der Waals surface area (Å²) in [6.45, 7) is 0. The maximum Gasteiger partial charge on any atom is 0.137 e. The first-order valence-electron chi connectivity index (χ1n) is 15.9. The van der Waals surface area contributed by atoms with Gasteiger partial charge < -0.3 is 9.32 Å². The molecule has 226 valence electrons. The van der Waals surface area contributed by atoms with Crippen molar-refractivity contribution < 1.29 is 4.42 Å². The maximum absolute atomic E-state index is 6.35. The maximum atomic E-state index is 6.35. The average Bonchev–Trinajstić information content (AvgIpc) is 3.85. The Bertz CT molecular complexity index is 2780. The molecular formula is C43H26N2OS2. The number of furan rings is 1. The van der Waals surface area contributed by atoms with Crippen molar-refractivity contribution in [2.45, 2.75) is 0 Å². The molecule has 0 fully saturated rings. The molecular weight excluding hydrogens is 625 g/mol. The number of thiazole rings is 1. The number of rotatable bonds is 5. The second-order valence-corrected chi connectivity index (χ2v) is 14.1. The number of fused-ring (bicyclic) bond motifs is 8. The summed E-state index contributed by atoms with van der Waals surface area (Å²) in [6, 6.07) is 55.9. The summed E-state index contributed by atoms with van der Waals surface area (Å²) < 4.78 is 10.1. The minimum absolute atomic E-state index is 0.879. The second kappa shape index (κ2) is 10.9. The number of hydrogen-bond donors (Lipinski definition) is 0. The molecule has 3 heterocycles. The van der Waals surface area contributed by atoms with Crippen LogP contribution >= 0.6 is 22.7 Å². The fourth-order valence-electron chi connectivity index (χ4n) is 6.81. The van der Waals surface area contributed by atoms with E-state index >= 15 is 0 Å². The summed E-state index contributed by atoms with van der Waals surface area (Å²) in [7, 11) is 0. The molecule has 10 aromatic rings. The van der Waals surface area contributed by atoms with Gasteiger partial charge in [0.1, 0.15) is 16.2 Å². The standard InChI is InChI=1S/C43H26N2OS2/c1-3-9-27(10-4-1)28-15-17-30(18-16-28)45(31-19-21-34-33-13-7-8-14-37(33)46-38(34)25-31)32-20-22-35-40(26-32)47-39-24-23-36-42(41(35)39)48-43(44-36)29-11-5-2-6-12-29/h1-26H. The molecule has 48 heavy (non-hydrogen) atoms. The normalized spacial score (nSPS) is 11.8. The van der Waals surface area contributed by atoms with Crippen molar-refractivity contribution in [1.29, 1.82) is 0 Å². The molecule has 0 bridgehead atoms. The minimum Gasteiger partial charge on any atom is -0.456 e. The Morgan fingerprint density at radius 3 is 1.92 bits per heavy atom. The van der Waals surface area contributed by atoms with Crippen LogP contribution in [0.4, 0.5) is 17.1 Å². The lowest BCUT2D eigenvalue weighted by atomic mass is 10.0. The van der Waals surface area contributed by atoms with Crippen molar-refractivity contribution in [1.82, 2.24) is 4.98 Å². The molecule has 5 heteroatoms. The quantitative estimate of drug-likeness (QED) is 0.186. The third kappa shape index (κ3) is 4.43. The first kappa shape index (κ1) is 27.4. The predicted octanol–water partition coefficient (Wildman–Crippen LogP) is 13.4. The second-order valence-electron chi connectivity index (χ2n) is 12.0. The van der Waals surface area contributed by atoms with Gasteiger partial charge in [0.25, 0.3) is 0 Å². The van der Waals surface area contributed by atoms with E-state index in [2.05, 4.69) is 150 Å². The van der Waals surface area contributed by atoms with E-state index in [9.17, 15) is 0 Å². The minimum atomic E-state index is 0.879. The summed E-state index contributed by atoms with van der Waals surface area (Å²) in [6.07, 6.45) is 0. The van der Waals surface area contributed by atoms with Gasteiger partial charge in [-0.25, -0.2) is 4.98 Å². The summed E-state index contributed by atoms with van der Waals surface area (Å²) in [5.41, 5.74) is 9.62. The van der Waals surface area contributed by atoms with Crippen LogP contribution in [0.5, 0.6) is 0 Å². The summed E-state index contributed by atoms with van der Waals surface area (Å²) in [4.78, 5) is 7.35. The van der Waals surface area contributed by atoms with Crippen LogP contribution in [-0.4, -0.2) is 4.98 Å². The molecule has 0 radical (unpaired) electrons. The van der Waals surface area contributed by atoms with E-state index in [4.69, 9.17) is 9.40 Å². The molecule has 0 aliphatic heterocycles. The van der Waals surface area contributed by atoms with Crippen LogP contribution in [0, 0.1) is 0 Å². The molecule has 0 saturated carbocycles. The summed E-state index contributed by atoms with van der Waals surface area (Å²) >= 11 is 3.62. The Morgan fingerprint density at radius 2 is 1.10 bits per heavy atom. The molecule has 0 saturated heterocycles. The van der Waals surface area contributed by atoms with E-state index in [1.54, 1.807) is 11.3 Å². The number of aromatic nitrogens is 1. The highest BCUT2D eigenvalue weighted by Gasteiger charge is 2.19. The van der Waals surface area contributed by atoms with E-state index in [0.29, 0.717) is 0 Å². The van der Waals surface area contributed by atoms with Gasteiger partial charge >= 0.3 is 0 Å². The number of thiophene rings is 1. The molecule has 0 amide bonds. The number of benzene rings is 7. The zero-order valence-corrected chi connectivity index (χ0v) is 27.3. The number of anilines is 3. The van der Waals surface area contributed by atoms with Crippen LogP contribution < -0.4 is 4.90 Å². The van der Waals surface area contributed by atoms with E-state index in [1.165, 1.54) is 36.0 Å². The highest BCUT2D eigenvalue weighted by molar-refractivity contribution is 7.28. The number of nitrogens with zero attached hydrogens (tertiary/aromatic N) is 2. The van der Waals surface area contributed by atoms with Crippen LogP contribution in [0.3, 0.4) is 0 Å². The van der Waals surface area contributed by atoms with Crippen LogP contribution in [0.25, 0.3) is 74.0 Å². The molecule has 0 unspecified atom stereocenters. The van der Waals surface area contributed by atoms with Crippen LogP contribution in [0.2, 0.25) is 0 Å². The largest absolute Gasteiger partial charge is 0.456 e. The van der Waals surface area contributed by atoms with Crippen molar-refractivity contribution in [3.63, 3.8) is 0 Å². The van der Waals surface area contributed by atoms with E-state index in [-0.39, 0.29) is 0 Å². The zero-order chi connectivity index (χ0) is 31.6. The Labute approximate surface area is 284 Å². The molecule has 0 aliphatic rings. The molecule has 0 atom stereocenters. The van der Waals surface area contributed by atoms with Gasteiger partial charge in [-0.1, -0.05) is 97.1 Å². The van der Waals surface area contributed by atoms with Gasteiger partial charge in [0.2, 0.25) is 0 Å². The van der Waals surface area contributed by atoms with Gasteiger partial charge in [0, 0.05) is 59.6 Å². The Kier molecular flexibility index (Phi) is 6.22. The van der Waals surface area contributed by atoms with E-state index in [0.717, 1.165) is 55.1 Å². The van der Waals surface area contributed by atoms with Gasteiger partial charge in [0.05, 0.1) is 10.2 Å². The van der Waals surface area contributed by atoms with Crippen molar-refractivity contribution in [2.24, 2.45) is 0 Å². The van der Waals surface area contributed by atoms with Crippen LogP contribution in [-0.2, 0) is 0 Å². The number of para-hydroxylation sites is 1. The lowest BCUT2D eigenvalue weighted by Crippen LogP contribution is -2.09. The third-order valence-corrected chi connectivity index (χ3v) is 11.4.